The topological polar surface area (TPSA) is 80.1 Å². The van der Waals surface area contributed by atoms with Gasteiger partial charge in [0.05, 0.1) is 31.0 Å². The summed E-state index contributed by atoms with van der Waals surface area (Å²) in [5, 5.41) is 4.93. The van der Waals surface area contributed by atoms with Crippen molar-refractivity contribution in [2.75, 3.05) is 64.5 Å². The number of amides is 1. The van der Waals surface area contributed by atoms with Crippen molar-refractivity contribution >= 4 is 17.7 Å². The number of anilines is 1. The molecule has 0 spiro atoms. The van der Waals surface area contributed by atoms with Crippen molar-refractivity contribution in [3.05, 3.63) is 41.6 Å². The number of methoxy groups -OCH3 is 1. The Hall–Kier alpha value is -2.91. The van der Waals surface area contributed by atoms with Gasteiger partial charge in [-0.15, -0.1) is 0 Å². The predicted octanol–water partition coefficient (Wildman–Crippen LogP) is 3.03. The summed E-state index contributed by atoms with van der Waals surface area (Å²) in [7, 11) is 1.66. The van der Waals surface area contributed by atoms with Crippen molar-refractivity contribution < 1.29 is 19.1 Å². The van der Waals surface area contributed by atoms with Gasteiger partial charge in [-0.2, -0.15) is 5.10 Å². The molecule has 9 nitrogen and oxygen atoms in total. The molecule has 1 aromatic carbocycles. The highest BCUT2D eigenvalue weighted by Crippen LogP contribution is 2.30. The molecule has 1 fully saturated rings. The molecule has 2 heterocycles. The lowest BCUT2D eigenvalue weighted by molar-refractivity contribution is -0.145. The molecule has 36 heavy (non-hydrogen) atoms. The number of ether oxygens (including phenoxy) is 2. The van der Waals surface area contributed by atoms with E-state index in [2.05, 4.69) is 28.9 Å². The van der Waals surface area contributed by atoms with E-state index in [0.29, 0.717) is 26.3 Å². The first-order valence-electron chi connectivity index (χ1n) is 13.0. The summed E-state index contributed by atoms with van der Waals surface area (Å²) in [4.78, 5) is 31.8. The number of nitrogens with zero attached hydrogens (tertiary/aromatic N) is 5. The fourth-order valence-corrected chi connectivity index (χ4v) is 4.57. The molecule has 0 saturated carbocycles. The van der Waals surface area contributed by atoms with Gasteiger partial charge in [0.2, 0.25) is 5.91 Å². The molecule has 0 bridgehead atoms. The molecule has 0 aliphatic carbocycles. The number of carbonyl (C=O) groups is 2. The van der Waals surface area contributed by atoms with Crippen LogP contribution in [0.3, 0.4) is 0 Å². The standard InChI is InChI=1S/C27H41N5O4/c1-5-29-16-18-30(19-17-29)27-24(22(3)28-32(27)23-11-8-7-9-12-23)21-31(15-10-20-35-4)25(33)13-14-26(34)36-6-2/h7-9,11-12H,5-6,10,13-21H2,1-4H3. The summed E-state index contributed by atoms with van der Waals surface area (Å²) in [6, 6.07) is 10.1. The third-order valence-electron chi connectivity index (χ3n) is 6.60. The van der Waals surface area contributed by atoms with Crippen LogP contribution in [0, 0.1) is 6.92 Å². The highest BCUT2D eigenvalue weighted by atomic mass is 16.5. The average molecular weight is 500 g/mol. The first kappa shape index (κ1) is 27.7. The summed E-state index contributed by atoms with van der Waals surface area (Å²) < 4.78 is 12.3. The van der Waals surface area contributed by atoms with Crippen LogP contribution in [0.1, 0.15) is 44.4 Å². The largest absolute Gasteiger partial charge is 0.466 e. The van der Waals surface area contributed by atoms with Crippen molar-refractivity contribution in [3.8, 4) is 5.69 Å². The van der Waals surface area contributed by atoms with Gasteiger partial charge in [-0.05, 0) is 38.9 Å². The lowest BCUT2D eigenvalue weighted by Crippen LogP contribution is -2.47. The minimum atomic E-state index is -0.342. The van der Waals surface area contributed by atoms with Crippen LogP contribution in [0.15, 0.2) is 30.3 Å². The number of aryl methyl sites for hydroxylation is 1. The smallest absolute Gasteiger partial charge is 0.306 e. The molecular weight excluding hydrogens is 458 g/mol. The molecule has 1 aliphatic heterocycles. The van der Waals surface area contributed by atoms with Gasteiger partial charge >= 0.3 is 5.97 Å². The zero-order valence-corrected chi connectivity index (χ0v) is 22.2. The molecule has 1 aromatic heterocycles. The van der Waals surface area contributed by atoms with E-state index in [1.54, 1.807) is 14.0 Å². The number of carbonyl (C=O) groups excluding carboxylic acids is 2. The van der Waals surface area contributed by atoms with E-state index >= 15 is 0 Å². The van der Waals surface area contributed by atoms with E-state index in [1.807, 2.05) is 34.7 Å². The molecule has 0 radical (unpaired) electrons. The summed E-state index contributed by atoms with van der Waals surface area (Å²) in [6.07, 6.45) is 0.932. The molecule has 0 unspecified atom stereocenters. The number of likely N-dealkylation sites (N-methyl/N-ethyl adjacent to an activating group) is 1. The van der Waals surface area contributed by atoms with Gasteiger partial charge in [-0.25, -0.2) is 4.68 Å². The van der Waals surface area contributed by atoms with Gasteiger partial charge in [0.1, 0.15) is 5.82 Å². The third-order valence-corrected chi connectivity index (χ3v) is 6.60. The van der Waals surface area contributed by atoms with Crippen LogP contribution in [-0.2, 0) is 25.6 Å². The SMILES string of the molecule is CCOC(=O)CCC(=O)N(CCCOC)Cc1c(C)nn(-c2ccccc2)c1N1CCN(CC)CC1. The number of aromatic nitrogens is 2. The van der Waals surface area contributed by atoms with E-state index < -0.39 is 0 Å². The Morgan fingerprint density at radius 3 is 2.42 bits per heavy atom. The Balaban J connectivity index is 1.91. The van der Waals surface area contributed by atoms with Gasteiger partial charge in [-0.3, -0.25) is 9.59 Å². The Labute approximate surface area is 214 Å². The molecule has 1 aliphatic rings. The van der Waals surface area contributed by atoms with E-state index in [-0.39, 0.29) is 24.7 Å². The van der Waals surface area contributed by atoms with Crippen LogP contribution in [0.5, 0.6) is 0 Å². The minimum Gasteiger partial charge on any atom is -0.466 e. The normalized spacial score (nSPS) is 14.2. The van der Waals surface area contributed by atoms with Crippen molar-refractivity contribution in [1.29, 1.82) is 0 Å². The Morgan fingerprint density at radius 1 is 1.06 bits per heavy atom. The predicted molar refractivity (Wildman–Crippen MR) is 140 cm³/mol. The fraction of sp³-hybridized carbons (Fsp3) is 0.593. The zero-order chi connectivity index (χ0) is 25.9. The summed E-state index contributed by atoms with van der Waals surface area (Å²) in [5.74, 6) is 0.641. The van der Waals surface area contributed by atoms with Gasteiger partial charge in [-0.1, -0.05) is 25.1 Å². The second-order valence-electron chi connectivity index (χ2n) is 9.02. The maximum Gasteiger partial charge on any atom is 0.306 e. The quantitative estimate of drug-likeness (QED) is 0.310. The molecule has 2 aromatic rings. The van der Waals surface area contributed by atoms with Crippen LogP contribution in [-0.4, -0.2) is 91.0 Å². The minimum absolute atomic E-state index is 0.0623. The van der Waals surface area contributed by atoms with E-state index in [0.717, 1.165) is 61.9 Å². The monoisotopic (exact) mass is 499 g/mol. The molecule has 0 atom stereocenters. The molecule has 198 valence electrons. The van der Waals surface area contributed by atoms with Gasteiger partial charge in [0.15, 0.2) is 0 Å². The average Bonchev–Trinajstić information content (AvgIpc) is 3.23. The fourth-order valence-electron chi connectivity index (χ4n) is 4.57. The van der Waals surface area contributed by atoms with E-state index in [1.165, 1.54) is 0 Å². The first-order chi connectivity index (χ1) is 17.5. The maximum atomic E-state index is 13.2. The number of piperazine rings is 1. The number of para-hydroxylation sites is 1. The van der Waals surface area contributed by atoms with Crippen molar-refractivity contribution in [2.45, 2.75) is 46.6 Å². The van der Waals surface area contributed by atoms with Crippen LogP contribution >= 0.6 is 0 Å². The van der Waals surface area contributed by atoms with Crippen LogP contribution in [0.4, 0.5) is 5.82 Å². The highest BCUT2D eigenvalue weighted by molar-refractivity contribution is 5.81. The summed E-state index contributed by atoms with van der Waals surface area (Å²) in [6.45, 7) is 12.7. The van der Waals surface area contributed by atoms with E-state index in [4.69, 9.17) is 14.6 Å². The lowest BCUT2D eigenvalue weighted by atomic mass is 10.1. The maximum absolute atomic E-state index is 13.2. The van der Waals surface area contributed by atoms with Crippen molar-refractivity contribution in [3.63, 3.8) is 0 Å². The second-order valence-corrected chi connectivity index (χ2v) is 9.02. The third kappa shape index (κ3) is 7.30. The van der Waals surface area contributed by atoms with Crippen LogP contribution in [0.2, 0.25) is 0 Å². The zero-order valence-electron chi connectivity index (χ0n) is 22.2. The summed E-state index contributed by atoms with van der Waals surface area (Å²) in [5.41, 5.74) is 2.95. The van der Waals surface area contributed by atoms with Crippen molar-refractivity contribution in [2.24, 2.45) is 0 Å². The molecule has 3 rings (SSSR count). The Morgan fingerprint density at radius 2 is 1.78 bits per heavy atom. The first-order valence-corrected chi connectivity index (χ1v) is 13.0. The highest BCUT2D eigenvalue weighted by Gasteiger charge is 2.27. The Bertz CT molecular complexity index is 970. The summed E-state index contributed by atoms with van der Waals surface area (Å²) >= 11 is 0. The number of benzene rings is 1. The van der Waals surface area contributed by atoms with Gasteiger partial charge in [0, 0.05) is 58.4 Å². The molecule has 0 N–H and O–H groups in total. The Kier molecular flexibility index (Phi) is 10.8. The number of hydrogen-bond acceptors (Lipinski definition) is 7. The molecular formula is C27H41N5O4. The molecule has 1 amide bonds. The lowest BCUT2D eigenvalue weighted by Gasteiger charge is -2.36. The number of esters is 1. The molecule has 9 heteroatoms. The number of hydrogen-bond donors (Lipinski definition) is 0. The number of rotatable bonds is 13. The van der Waals surface area contributed by atoms with Crippen LogP contribution in [0.25, 0.3) is 5.69 Å². The second kappa shape index (κ2) is 14.0. The van der Waals surface area contributed by atoms with Gasteiger partial charge < -0.3 is 24.2 Å². The van der Waals surface area contributed by atoms with Crippen molar-refractivity contribution in [1.82, 2.24) is 19.6 Å². The molecule has 1 saturated heterocycles. The van der Waals surface area contributed by atoms with Crippen LogP contribution < -0.4 is 4.90 Å². The van der Waals surface area contributed by atoms with Gasteiger partial charge in [0.25, 0.3) is 0 Å². The van der Waals surface area contributed by atoms with E-state index in [9.17, 15) is 9.59 Å².